The van der Waals surface area contributed by atoms with Gasteiger partial charge in [-0.2, -0.15) is 0 Å². The minimum Gasteiger partial charge on any atom is -0.339 e. The van der Waals surface area contributed by atoms with E-state index < -0.39 is 13.5 Å². The van der Waals surface area contributed by atoms with Gasteiger partial charge in [-0.3, -0.25) is 9.36 Å². The molecule has 0 spiro atoms. The third kappa shape index (κ3) is 4.58. The van der Waals surface area contributed by atoms with Gasteiger partial charge in [-0.05, 0) is 36.2 Å². The number of aromatic nitrogens is 1. The van der Waals surface area contributed by atoms with E-state index in [-0.39, 0.29) is 25.2 Å². The first kappa shape index (κ1) is 22.2. The van der Waals surface area contributed by atoms with Crippen LogP contribution in [0.4, 0.5) is 0 Å². The number of rotatable bonds is 8. The molecule has 1 aromatic heterocycles. The summed E-state index contributed by atoms with van der Waals surface area (Å²) in [6, 6.07) is 23.8. The Morgan fingerprint density at radius 2 is 1.50 bits per heavy atom. The van der Waals surface area contributed by atoms with Crippen molar-refractivity contribution in [3.8, 4) is 11.1 Å². The number of benzene rings is 3. The Bertz CT molecular complexity index is 1310. The van der Waals surface area contributed by atoms with Crippen LogP contribution in [-0.4, -0.2) is 30.4 Å². The molecule has 4 aromatic rings. The van der Waals surface area contributed by atoms with Crippen molar-refractivity contribution in [3.05, 3.63) is 78.5 Å². The van der Waals surface area contributed by atoms with Crippen LogP contribution in [-0.2, 0) is 13.6 Å². The molecule has 0 fully saturated rings. The largest absolute Gasteiger partial charge is 0.349 e. The fourth-order valence-electron chi connectivity index (χ4n) is 3.73. The van der Waals surface area contributed by atoms with Crippen molar-refractivity contribution in [1.29, 1.82) is 0 Å². The molecule has 0 aliphatic carbocycles. The molecule has 7 heteroatoms. The zero-order valence-corrected chi connectivity index (χ0v) is 19.0. The highest BCUT2D eigenvalue weighted by Gasteiger charge is 2.25. The third-order valence-electron chi connectivity index (χ3n) is 5.12. The van der Waals surface area contributed by atoms with E-state index in [1.165, 1.54) is 0 Å². The van der Waals surface area contributed by atoms with Crippen molar-refractivity contribution in [2.75, 3.05) is 19.5 Å². The van der Waals surface area contributed by atoms with Crippen molar-refractivity contribution < 1.29 is 18.4 Å². The molecule has 0 saturated heterocycles. The molecule has 4 rings (SSSR count). The summed E-state index contributed by atoms with van der Waals surface area (Å²) in [5.74, 6) is -0.431. The molecule has 6 nitrogen and oxygen atoms in total. The van der Waals surface area contributed by atoms with Crippen molar-refractivity contribution >= 4 is 35.2 Å². The summed E-state index contributed by atoms with van der Waals surface area (Å²) in [4.78, 5) is 17.5. The first-order valence-corrected chi connectivity index (χ1v) is 12.3. The molecule has 1 N–H and O–H groups in total. The third-order valence-corrected chi connectivity index (χ3v) is 6.97. The van der Waals surface area contributed by atoms with Crippen molar-refractivity contribution in [2.45, 2.75) is 13.8 Å². The standard InChI is InChI=1S/C25H25N2O4P/c1-3-30-32(29,31-4-2)17-26-25(28)23-16-15-19-11-8-14-22(24(19)27-23)21-13-7-10-18-9-5-6-12-20(18)21/h5-16H,3-4,17H2,1-2H3,(H,26,28). The lowest BCUT2D eigenvalue weighted by Crippen LogP contribution is -2.26. The van der Waals surface area contributed by atoms with Gasteiger partial charge in [0.15, 0.2) is 0 Å². The Morgan fingerprint density at radius 3 is 2.25 bits per heavy atom. The average Bonchev–Trinajstić information content (AvgIpc) is 2.82. The molecule has 3 aromatic carbocycles. The molecule has 1 heterocycles. The summed E-state index contributed by atoms with van der Waals surface area (Å²) in [7, 11) is -3.39. The first-order chi connectivity index (χ1) is 15.5. The number of amides is 1. The van der Waals surface area contributed by atoms with Gasteiger partial charge in [-0.15, -0.1) is 0 Å². The molecule has 0 aliphatic heterocycles. The zero-order chi connectivity index (χ0) is 22.6. The Kier molecular flexibility index (Phi) is 6.66. The molecule has 1 amide bonds. The lowest BCUT2D eigenvalue weighted by atomic mass is 9.96. The molecule has 0 atom stereocenters. The van der Waals surface area contributed by atoms with E-state index in [4.69, 9.17) is 9.05 Å². The minimum atomic E-state index is -3.39. The molecular formula is C25H25N2O4P. The first-order valence-electron chi connectivity index (χ1n) is 10.6. The highest BCUT2D eigenvalue weighted by atomic mass is 31.2. The molecule has 0 saturated carbocycles. The summed E-state index contributed by atoms with van der Waals surface area (Å²) in [5, 5.41) is 5.84. The SMILES string of the molecule is CCOP(=O)(CNC(=O)c1ccc2cccc(-c3cccc4ccccc34)c2n1)OCC. The van der Waals surface area contributed by atoms with Crippen molar-refractivity contribution in [3.63, 3.8) is 0 Å². The fraction of sp³-hybridized carbons (Fsp3) is 0.200. The van der Waals surface area contributed by atoms with Crippen LogP contribution in [0.1, 0.15) is 24.3 Å². The second kappa shape index (κ2) is 9.61. The smallest absolute Gasteiger partial charge is 0.339 e. The van der Waals surface area contributed by atoms with Gasteiger partial charge in [0, 0.05) is 10.9 Å². The maximum absolute atomic E-state index is 12.8. The second-order valence-corrected chi connectivity index (χ2v) is 9.27. The summed E-state index contributed by atoms with van der Waals surface area (Å²) in [6.07, 6.45) is -0.210. The highest BCUT2D eigenvalue weighted by molar-refractivity contribution is 7.53. The summed E-state index contributed by atoms with van der Waals surface area (Å²) >= 11 is 0. The number of carbonyl (C=O) groups excluding carboxylic acids is 1. The number of para-hydroxylation sites is 1. The zero-order valence-electron chi connectivity index (χ0n) is 18.1. The molecule has 164 valence electrons. The highest BCUT2D eigenvalue weighted by Crippen LogP contribution is 2.46. The lowest BCUT2D eigenvalue weighted by Gasteiger charge is -2.17. The van der Waals surface area contributed by atoms with Gasteiger partial charge in [0.25, 0.3) is 5.91 Å². The van der Waals surface area contributed by atoms with Crippen molar-refractivity contribution in [1.82, 2.24) is 10.3 Å². The van der Waals surface area contributed by atoms with Crippen LogP contribution in [0, 0.1) is 0 Å². The lowest BCUT2D eigenvalue weighted by molar-refractivity contribution is 0.0949. The number of fused-ring (bicyclic) bond motifs is 2. The van der Waals surface area contributed by atoms with E-state index in [1.807, 2.05) is 42.5 Å². The number of carbonyl (C=O) groups is 1. The monoisotopic (exact) mass is 448 g/mol. The molecule has 0 radical (unpaired) electrons. The predicted octanol–water partition coefficient (Wildman–Crippen LogP) is 6.01. The molecule has 0 aliphatic rings. The summed E-state index contributed by atoms with van der Waals surface area (Å²) in [6.45, 7) is 3.92. The second-order valence-electron chi connectivity index (χ2n) is 7.21. The number of hydrogen-bond acceptors (Lipinski definition) is 5. The van der Waals surface area contributed by atoms with Gasteiger partial charge in [0.2, 0.25) is 0 Å². The van der Waals surface area contributed by atoms with Gasteiger partial charge in [-0.1, -0.05) is 66.7 Å². The van der Waals surface area contributed by atoms with E-state index in [9.17, 15) is 9.36 Å². The van der Waals surface area contributed by atoms with Crippen LogP contribution in [0.5, 0.6) is 0 Å². The molecule has 32 heavy (non-hydrogen) atoms. The minimum absolute atomic E-state index is 0.210. The maximum Gasteiger partial charge on any atom is 0.349 e. The van der Waals surface area contributed by atoms with E-state index in [0.717, 1.165) is 32.8 Å². The van der Waals surface area contributed by atoms with E-state index in [1.54, 1.807) is 19.9 Å². The quantitative estimate of drug-likeness (QED) is 0.334. The number of nitrogens with zero attached hydrogens (tertiary/aromatic N) is 1. The Balaban J connectivity index is 1.70. The van der Waals surface area contributed by atoms with Crippen LogP contribution in [0.15, 0.2) is 72.8 Å². The maximum atomic E-state index is 12.8. The van der Waals surface area contributed by atoms with E-state index in [0.29, 0.717) is 0 Å². The van der Waals surface area contributed by atoms with Crippen LogP contribution in [0.25, 0.3) is 32.8 Å². The van der Waals surface area contributed by atoms with Gasteiger partial charge in [0.05, 0.1) is 18.7 Å². The van der Waals surface area contributed by atoms with E-state index >= 15 is 0 Å². The Labute approximate surface area is 187 Å². The molecule has 0 unspecified atom stereocenters. The van der Waals surface area contributed by atoms with Crippen LogP contribution >= 0.6 is 7.60 Å². The van der Waals surface area contributed by atoms with Gasteiger partial charge >= 0.3 is 7.60 Å². The Hall–Kier alpha value is -3.05. The Morgan fingerprint density at radius 1 is 0.844 bits per heavy atom. The molecule has 0 bridgehead atoms. The van der Waals surface area contributed by atoms with E-state index in [2.05, 4.69) is 34.6 Å². The topological polar surface area (TPSA) is 77.5 Å². The normalized spacial score (nSPS) is 11.7. The summed E-state index contributed by atoms with van der Waals surface area (Å²) in [5.41, 5.74) is 2.97. The van der Waals surface area contributed by atoms with Crippen LogP contribution < -0.4 is 5.32 Å². The molecular weight excluding hydrogens is 423 g/mol. The average molecular weight is 448 g/mol. The number of nitrogens with one attached hydrogen (secondary N) is 1. The van der Waals surface area contributed by atoms with Crippen LogP contribution in [0.2, 0.25) is 0 Å². The number of pyridine rings is 1. The van der Waals surface area contributed by atoms with Crippen LogP contribution in [0.3, 0.4) is 0 Å². The van der Waals surface area contributed by atoms with Gasteiger partial charge < -0.3 is 14.4 Å². The van der Waals surface area contributed by atoms with Gasteiger partial charge in [-0.25, -0.2) is 4.98 Å². The number of hydrogen-bond donors (Lipinski definition) is 1. The fourth-order valence-corrected chi connectivity index (χ4v) is 5.11. The van der Waals surface area contributed by atoms with Crippen molar-refractivity contribution in [2.24, 2.45) is 0 Å². The van der Waals surface area contributed by atoms with Gasteiger partial charge in [0.1, 0.15) is 12.0 Å². The summed E-state index contributed by atoms with van der Waals surface area (Å²) < 4.78 is 23.1. The predicted molar refractivity (Wildman–Crippen MR) is 128 cm³/mol.